The Kier molecular flexibility index (Phi) is 4.83. The highest BCUT2D eigenvalue weighted by atomic mass is 32.1. The van der Waals surface area contributed by atoms with E-state index in [0.717, 1.165) is 32.2 Å². The molecule has 0 bridgehead atoms. The third kappa shape index (κ3) is 3.48. The number of rotatable bonds is 5. The summed E-state index contributed by atoms with van der Waals surface area (Å²) in [6.45, 7) is 4.30. The van der Waals surface area contributed by atoms with E-state index in [9.17, 15) is 9.59 Å². The Morgan fingerprint density at radius 1 is 1.11 bits per heavy atom. The zero-order valence-corrected chi connectivity index (χ0v) is 16.4. The van der Waals surface area contributed by atoms with Crippen LogP contribution in [0.2, 0.25) is 0 Å². The Balaban J connectivity index is 1.35. The number of aromatic nitrogens is 2. The fourth-order valence-corrected chi connectivity index (χ4v) is 4.17. The predicted molar refractivity (Wildman–Crippen MR) is 113 cm³/mol. The first-order valence-corrected chi connectivity index (χ1v) is 9.85. The summed E-state index contributed by atoms with van der Waals surface area (Å²) in [4.78, 5) is 32.2. The number of hydrogen-bond acceptors (Lipinski definition) is 4. The zero-order chi connectivity index (χ0) is 19.7. The minimum absolute atomic E-state index is 0.173. The third-order valence-electron chi connectivity index (χ3n) is 4.66. The lowest BCUT2D eigenvalue weighted by atomic mass is 10.1. The summed E-state index contributed by atoms with van der Waals surface area (Å²) in [6, 6.07) is 11.7. The number of fused-ring (bicyclic) bond motifs is 2. The van der Waals surface area contributed by atoms with Crippen LogP contribution in [0.3, 0.4) is 0 Å². The van der Waals surface area contributed by atoms with Crippen molar-refractivity contribution in [2.75, 3.05) is 11.9 Å². The summed E-state index contributed by atoms with van der Waals surface area (Å²) >= 11 is 1.47. The van der Waals surface area contributed by atoms with Crippen molar-refractivity contribution in [1.29, 1.82) is 0 Å². The molecule has 0 saturated carbocycles. The van der Waals surface area contributed by atoms with E-state index in [4.69, 9.17) is 0 Å². The number of benzene rings is 2. The van der Waals surface area contributed by atoms with Crippen molar-refractivity contribution in [3.63, 3.8) is 0 Å². The van der Waals surface area contributed by atoms with Crippen LogP contribution in [0, 0.1) is 13.8 Å². The Morgan fingerprint density at radius 3 is 2.71 bits per heavy atom. The maximum Gasteiger partial charge on any atom is 0.253 e. The summed E-state index contributed by atoms with van der Waals surface area (Å²) in [5.74, 6) is -0.370. The molecule has 2 aromatic heterocycles. The van der Waals surface area contributed by atoms with Gasteiger partial charge in [-0.25, -0.2) is 4.98 Å². The number of thiazole rings is 1. The number of nitrogens with zero attached hydrogens (tertiary/aromatic N) is 1. The Hall–Kier alpha value is -3.19. The molecule has 0 aliphatic heterocycles. The molecule has 28 heavy (non-hydrogen) atoms. The van der Waals surface area contributed by atoms with E-state index in [-0.39, 0.29) is 24.8 Å². The number of amides is 2. The predicted octanol–water partition coefficient (Wildman–Crippen LogP) is 4.15. The molecule has 2 amide bonds. The van der Waals surface area contributed by atoms with Crippen LogP contribution in [-0.4, -0.2) is 28.3 Å². The van der Waals surface area contributed by atoms with Gasteiger partial charge in [-0.3, -0.25) is 9.59 Å². The first-order chi connectivity index (χ1) is 13.5. The topological polar surface area (TPSA) is 86.9 Å². The molecule has 142 valence electrons. The van der Waals surface area contributed by atoms with Crippen LogP contribution in [0.1, 0.15) is 27.9 Å². The Bertz CT molecular complexity index is 1150. The average molecular weight is 392 g/mol. The number of H-pyrrole nitrogens is 1. The number of hydrogen-bond donors (Lipinski definition) is 3. The normalized spacial score (nSPS) is 11.1. The van der Waals surface area contributed by atoms with Crippen LogP contribution in [0.5, 0.6) is 0 Å². The van der Waals surface area contributed by atoms with E-state index in [1.165, 1.54) is 11.3 Å². The molecule has 2 aromatic carbocycles. The van der Waals surface area contributed by atoms with E-state index in [1.807, 2.05) is 44.2 Å². The third-order valence-corrected chi connectivity index (χ3v) is 5.77. The van der Waals surface area contributed by atoms with Gasteiger partial charge in [0.05, 0.1) is 15.8 Å². The highest BCUT2D eigenvalue weighted by Crippen LogP contribution is 2.30. The first-order valence-electron chi connectivity index (χ1n) is 9.04. The van der Waals surface area contributed by atoms with Gasteiger partial charge < -0.3 is 15.6 Å². The number of nitrogens with one attached hydrogen (secondary N) is 3. The van der Waals surface area contributed by atoms with Crippen molar-refractivity contribution in [2.24, 2.45) is 0 Å². The van der Waals surface area contributed by atoms with Crippen LogP contribution in [0.25, 0.3) is 21.1 Å². The highest BCUT2D eigenvalue weighted by molar-refractivity contribution is 7.22. The first kappa shape index (κ1) is 18.2. The van der Waals surface area contributed by atoms with Gasteiger partial charge in [-0.1, -0.05) is 41.7 Å². The second-order valence-electron chi connectivity index (χ2n) is 6.70. The largest absolute Gasteiger partial charge is 0.360 e. The van der Waals surface area contributed by atoms with Crippen molar-refractivity contribution in [3.05, 3.63) is 59.3 Å². The molecule has 4 rings (SSSR count). The molecule has 0 aliphatic carbocycles. The number of anilines is 1. The Labute approximate surface area is 166 Å². The second-order valence-corrected chi connectivity index (χ2v) is 7.70. The molecule has 2 heterocycles. The maximum absolute atomic E-state index is 12.4. The molecule has 3 N–H and O–H groups in total. The standard InChI is InChI=1S/C21H20N4O2S/c1-12-7-8-13(2)19-18(12)25-21(28-19)24-17(26)9-10-22-20(27)15-11-23-16-6-4-3-5-14(15)16/h3-8,11,23H,9-10H2,1-2H3,(H,22,27)(H,24,25,26). The van der Waals surface area contributed by atoms with E-state index < -0.39 is 0 Å². The fourth-order valence-electron chi connectivity index (χ4n) is 3.14. The summed E-state index contributed by atoms with van der Waals surface area (Å²) in [6.07, 6.45) is 1.87. The van der Waals surface area contributed by atoms with Gasteiger partial charge in [-0.15, -0.1) is 0 Å². The summed E-state index contributed by atoms with van der Waals surface area (Å²) in [7, 11) is 0. The van der Waals surface area contributed by atoms with Crippen LogP contribution >= 0.6 is 11.3 Å². The zero-order valence-electron chi connectivity index (χ0n) is 15.6. The molecule has 6 nitrogen and oxygen atoms in total. The van der Waals surface area contributed by atoms with Crippen LogP contribution in [-0.2, 0) is 4.79 Å². The average Bonchev–Trinajstić information content (AvgIpc) is 3.29. The van der Waals surface area contributed by atoms with Crippen LogP contribution < -0.4 is 10.6 Å². The number of aromatic amines is 1. The van der Waals surface area contributed by atoms with Gasteiger partial charge in [-0.2, -0.15) is 0 Å². The highest BCUT2D eigenvalue weighted by Gasteiger charge is 2.13. The van der Waals surface area contributed by atoms with Crippen LogP contribution in [0.4, 0.5) is 5.13 Å². The minimum atomic E-state index is -0.198. The second kappa shape index (κ2) is 7.44. The van der Waals surface area contributed by atoms with E-state index >= 15 is 0 Å². The van der Waals surface area contributed by atoms with E-state index in [1.54, 1.807) is 6.20 Å². The SMILES string of the molecule is Cc1ccc(C)c2sc(NC(=O)CCNC(=O)c3c[nH]c4ccccc34)nc12. The lowest BCUT2D eigenvalue weighted by Crippen LogP contribution is -2.27. The summed E-state index contributed by atoms with van der Waals surface area (Å²) in [5, 5.41) is 7.09. The van der Waals surface area contributed by atoms with Gasteiger partial charge in [0.2, 0.25) is 5.91 Å². The monoisotopic (exact) mass is 392 g/mol. The lowest BCUT2D eigenvalue weighted by molar-refractivity contribution is -0.116. The summed E-state index contributed by atoms with van der Waals surface area (Å²) < 4.78 is 1.09. The number of para-hydroxylation sites is 1. The van der Waals surface area contributed by atoms with Crippen LogP contribution in [0.15, 0.2) is 42.6 Å². The maximum atomic E-state index is 12.4. The molecule has 0 unspecified atom stereocenters. The molecule has 0 spiro atoms. The van der Waals surface area contributed by atoms with Gasteiger partial charge in [-0.05, 0) is 31.0 Å². The van der Waals surface area contributed by atoms with Gasteiger partial charge >= 0.3 is 0 Å². The molecular formula is C21H20N4O2S. The van der Waals surface area contributed by atoms with Gasteiger partial charge in [0.1, 0.15) is 0 Å². The number of carbonyl (C=O) groups excluding carboxylic acids is 2. The smallest absolute Gasteiger partial charge is 0.253 e. The van der Waals surface area contributed by atoms with E-state index in [2.05, 4.69) is 26.7 Å². The van der Waals surface area contributed by atoms with Crippen molar-refractivity contribution < 1.29 is 9.59 Å². The fraction of sp³-hybridized carbons (Fsp3) is 0.190. The molecule has 0 saturated heterocycles. The number of carbonyl (C=O) groups is 2. The molecule has 4 aromatic rings. The van der Waals surface area contributed by atoms with Crippen molar-refractivity contribution in [3.8, 4) is 0 Å². The van der Waals surface area contributed by atoms with Gasteiger partial charge in [0.15, 0.2) is 5.13 Å². The van der Waals surface area contributed by atoms with Crippen molar-refractivity contribution >= 4 is 49.4 Å². The molecule has 0 atom stereocenters. The number of aryl methyl sites for hydroxylation is 2. The van der Waals surface area contributed by atoms with Crippen molar-refractivity contribution in [2.45, 2.75) is 20.3 Å². The molecule has 0 radical (unpaired) electrons. The molecular weight excluding hydrogens is 372 g/mol. The van der Waals surface area contributed by atoms with Crippen molar-refractivity contribution in [1.82, 2.24) is 15.3 Å². The molecule has 7 heteroatoms. The Morgan fingerprint density at radius 2 is 1.89 bits per heavy atom. The van der Waals surface area contributed by atoms with E-state index in [0.29, 0.717) is 10.7 Å². The molecule has 0 fully saturated rings. The quantitative estimate of drug-likeness (QED) is 0.477. The summed E-state index contributed by atoms with van der Waals surface area (Å²) in [5.41, 5.74) is 4.64. The molecule has 0 aliphatic rings. The van der Waals surface area contributed by atoms with Gasteiger partial charge in [0, 0.05) is 30.1 Å². The lowest BCUT2D eigenvalue weighted by Gasteiger charge is -2.04. The minimum Gasteiger partial charge on any atom is -0.360 e. The van der Waals surface area contributed by atoms with Gasteiger partial charge in [0.25, 0.3) is 5.91 Å².